The molecular formula is C18H21N3O2. The molecule has 0 saturated carbocycles. The number of benzene rings is 1. The van der Waals surface area contributed by atoms with Gasteiger partial charge in [0, 0.05) is 24.5 Å². The van der Waals surface area contributed by atoms with E-state index < -0.39 is 0 Å². The van der Waals surface area contributed by atoms with Crippen molar-refractivity contribution in [3.63, 3.8) is 0 Å². The number of anilines is 1. The number of nitrogens with zero attached hydrogens (tertiary/aromatic N) is 2. The largest absolute Gasteiger partial charge is 0.378 e. The lowest BCUT2D eigenvalue weighted by atomic mass is 10.1. The summed E-state index contributed by atoms with van der Waals surface area (Å²) in [6.45, 7) is 5.39. The lowest BCUT2D eigenvalue weighted by Gasteiger charge is -2.30. The molecule has 1 aliphatic heterocycles. The van der Waals surface area contributed by atoms with Crippen LogP contribution >= 0.6 is 0 Å². The number of hydrogen-bond acceptors (Lipinski definition) is 4. The van der Waals surface area contributed by atoms with Crippen LogP contribution in [-0.4, -0.2) is 37.2 Å². The molecule has 0 radical (unpaired) electrons. The number of morpholine rings is 1. The standard InChI is InChI=1S/C18H21N3O2/c1-14-5-4-6-15(20-14)13-19-18(22)16-7-2-3-8-17(16)21-9-11-23-12-10-21/h2-8H,9-13H2,1H3,(H,19,22). The Morgan fingerprint density at radius 3 is 2.74 bits per heavy atom. The van der Waals surface area contributed by atoms with E-state index >= 15 is 0 Å². The molecule has 1 aromatic heterocycles. The van der Waals surface area contributed by atoms with Gasteiger partial charge in [-0.3, -0.25) is 9.78 Å². The van der Waals surface area contributed by atoms with E-state index in [4.69, 9.17) is 4.74 Å². The quantitative estimate of drug-likeness (QED) is 0.940. The van der Waals surface area contributed by atoms with E-state index in [1.807, 2.05) is 49.4 Å². The number of para-hydroxylation sites is 1. The topological polar surface area (TPSA) is 54.5 Å². The first-order valence-corrected chi connectivity index (χ1v) is 7.86. The van der Waals surface area contributed by atoms with Gasteiger partial charge < -0.3 is 15.0 Å². The first kappa shape index (κ1) is 15.5. The molecule has 1 N–H and O–H groups in total. The average molecular weight is 311 g/mol. The van der Waals surface area contributed by atoms with Crippen LogP contribution in [0.3, 0.4) is 0 Å². The van der Waals surface area contributed by atoms with Gasteiger partial charge in [0.2, 0.25) is 0 Å². The van der Waals surface area contributed by atoms with Crippen LogP contribution in [0.2, 0.25) is 0 Å². The molecule has 5 heteroatoms. The van der Waals surface area contributed by atoms with Crippen LogP contribution in [-0.2, 0) is 11.3 Å². The minimum absolute atomic E-state index is 0.0737. The Bertz CT molecular complexity index is 681. The average Bonchev–Trinajstić information content (AvgIpc) is 2.60. The van der Waals surface area contributed by atoms with Crippen molar-refractivity contribution < 1.29 is 9.53 Å². The second-order valence-electron chi connectivity index (χ2n) is 5.57. The molecule has 1 aliphatic rings. The van der Waals surface area contributed by atoms with E-state index in [0.29, 0.717) is 25.3 Å². The van der Waals surface area contributed by atoms with Gasteiger partial charge in [0.1, 0.15) is 0 Å². The maximum atomic E-state index is 12.6. The van der Waals surface area contributed by atoms with E-state index in [2.05, 4.69) is 15.2 Å². The Hall–Kier alpha value is -2.40. The second kappa shape index (κ2) is 7.24. The zero-order chi connectivity index (χ0) is 16.1. The molecule has 1 saturated heterocycles. The molecule has 120 valence electrons. The van der Waals surface area contributed by atoms with E-state index in [0.717, 1.165) is 30.2 Å². The third-order valence-electron chi connectivity index (χ3n) is 3.88. The van der Waals surface area contributed by atoms with E-state index in [-0.39, 0.29) is 5.91 Å². The van der Waals surface area contributed by atoms with E-state index in [9.17, 15) is 4.79 Å². The van der Waals surface area contributed by atoms with Crippen molar-refractivity contribution in [3.8, 4) is 0 Å². The lowest BCUT2D eigenvalue weighted by Crippen LogP contribution is -2.37. The maximum Gasteiger partial charge on any atom is 0.253 e. The SMILES string of the molecule is Cc1cccc(CNC(=O)c2ccccc2N2CCOCC2)n1. The molecule has 1 amide bonds. The summed E-state index contributed by atoms with van der Waals surface area (Å²) in [4.78, 5) is 19.2. The molecule has 3 rings (SSSR count). The molecule has 23 heavy (non-hydrogen) atoms. The summed E-state index contributed by atoms with van der Waals surface area (Å²) >= 11 is 0. The highest BCUT2D eigenvalue weighted by Gasteiger charge is 2.18. The molecule has 2 heterocycles. The molecule has 0 bridgehead atoms. The normalized spacial score (nSPS) is 14.6. The monoisotopic (exact) mass is 311 g/mol. The number of aryl methyl sites for hydroxylation is 1. The van der Waals surface area contributed by atoms with Crippen LogP contribution < -0.4 is 10.2 Å². The summed E-state index contributed by atoms with van der Waals surface area (Å²) in [5.74, 6) is -0.0737. The highest BCUT2D eigenvalue weighted by Crippen LogP contribution is 2.21. The molecule has 0 atom stereocenters. The predicted octanol–water partition coefficient (Wildman–Crippen LogP) is 2.16. The van der Waals surface area contributed by atoms with Crippen LogP contribution in [0.4, 0.5) is 5.69 Å². The third kappa shape index (κ3) is 3.87. The highest BCUT2D eigenvalue weighted by molar-refractivity contribution is 5.99. The van der Waals surface area contributed by atoms with Crippen molar-refractivity contribution in [3.05, 3.63) is 59.4 Å². The van der Waals surface area contributed by atoms with Gasteiger partial charge >= 0.3 is 0 Å². The summed E-state index contributed by atoms with van der Waals surface area (Å²) in [6.07, 6.45) is 0. The Morgan fingerprint density at radius 2 is 1.96 bits per heavy atom. The minimum Gasteiger partial charge on any atom is -0.378 e. The second-order valence-corrected chi connectivity index (χ2v) is 5.57. The molecular weight excluding hydrogens is 290 g/mol. The predicted molar refractivity (Wildman–Crippen MR) is 89.6 cm³/mol. The van der Waals surface area contributed by atoms with Gasteiger partial charge in [-0.1, -0.05) is 18.2 Å². The third-order valence-corrected chi connectivity index (χ3v) is 3.88. The lowest BCUT2D eigenvalue weighted by molar-refractivity contribution is 0.0949. The molecule has 5 nitrogen and oxygen atoms in total. The summed E-state index contributed by atoms with van der Waals surface area (Å²) in [6, 6.07) is 13.5. The van der Waals surface area contributed by atoms with Crippen LogP contribution in [0.1, 0.15) is 21.7 Å². The van der Waals surface area contributed by atoms with Crippen LogP contribution in [0.5, 0.6) is 0 Å². The highest BCUT2D eigenvalue weighted by atomic mass is 16.5. The fraction of sp³-hybridized carbons (Fsp3) is 0.333. The van der Waals surface area contributed by atoms with Gasteiger partial charge in [-0.05, 0) is 31.2 Å². The summed E-state index contributed by atoms with van der Waals surface area (Å²) in [5.41, 5.74) is 3.47. The molecule has 2 aromatic rings. The van der Waals surface area contributed by atoms with Gasteiger partial charge in [0.25, 0.3) is 5.91 Å². The van der Waals surface area contributed by atoms with Crippen LogP contribution in [0.25, 0.3) is 0 Å². The van der Waals surface area contributed by atoms with Crippen LogP contribution in [0.15, 0.2) is 42.5 Å². The summed E-state index contributed by atoms with van der Waals surface area (Å²) < 4.78 is 5.39. The van der Waals surface area contributed by atoms with Crippen molar-refractivity contribution in [1.82, 2.24) is 10.3 Å². The fourth-order valence-electron chi connectivity index (χ4n) is 2.71. The van der Waals surface area contributed by atoms with Crippen molar-refractivity contribution in [1.29, 1.82) is 0 Å². The zero-order valence-electron chi connectivity index (χ0n) is 13.3. The molecule has 0 unspecified atom stereocenters. The first-order chi connectivity index (χ1) is 11.2. The number of ether oxygens (including phenoxy) is 1. The minimum atomic E-state index is -0.0737. The Balaban J connectivity index is 1.72. The number of carbonyl (C=O) groups excluding carboxylic acids is 1. The Labute approximate surface area is 136 Å². The zero-order valence-corrected chi connectivity index (χ0v) is 13.3. The number of hydrogen-bond donors (Lipinski definition) is 1. The van der Waals surface area contributed by atoms with Crippen molar-refractivity contribution >= 4 is 11.6 Å². The molecule has 0 aliphatic carbocycles. The van der Waals surface area contributed by atoms with E-state index in [1.165, 1.54) is 0 Å². The van der Waals surface area contributed by atoms with Crippen molar-refractivity contribution in [2.24, 2.45) is 0 Å². The van der Waals surface area contributed by atoms with Crippen LogP contribution in [0, 0.1) is 6.92 Å². The molecule has 1 aromatic carbocycles. The number of rotatable bonds is 4. The van der Waals surface area contributed by atoms with Gasteiger partial charge in [0.05, 0.1) is 31.0 Å². The van der Waals surface area contributed by atoms with Crippen molar-refractivity contribution in [2.45, 2.75) is 13.5 Å². The van der Waals surface area contributed by atoms with Gasteiger partial charge in [-0.25, -0.2) is 0 Å². The Kier molecular flexibility index (Phi) is 4.88. The number of aromatic nitrogens is 1. The summed E-state index contributed by atoms with van der Waals surface area (Å²) in [5, 5.41) is 2.96. The van der Waals surface area contributed by atoms with Gasteiger partial charge in [-0.15, -0.1) is 0 Å². The molecule has 1 fully saturated rings. The van der Waals surface area contributed by atoms with Gasteiger partial charge in [0.15, 0.2) is 0 Å². The van der Waals surface area contributed by atoms with Crippen molar-refractivity contribution in [2.75, 3.05) is 31.2 Å². The number of carbonyl (C=O) groups is 1. The van der Waals surface area contributed by atoms with Gasteiger partial charge in [-0.2, -0.15) is 0 Å². The summed E-state index contributed by atoms with van der Waals surface area (Å²) in [7, 11) is 0. The fourth-order valence-corrected chi connectivity index (χ4v) is 2.71. The number of nitrogens with one attached hydrogen (secondary N) is 1. The smallest absolute Gasteiger partial charge is 0.253 e. The first-order valence-electron chi connectivity index (χ1n) is 7.86. The maximum absolute atomic E-state index is 12.6. The number of amides is 1. The van der Waals surface area contributed by atoms with E-state index in [1.54, 1.807) is 0 Å². The molecule has 0 spiro atoms. The number of pyridine rings is 1. The Morgan fingerprint density at radius 1 is 1.17 bits per heavy atom.